The van der Waals surface area contributed by atoms with Crippen molar-refractivity contribution in [1.82, 2.24) is 0 Å². The molecule has 2 aromatic rings. The molecular formula is C18H18ClNO4S. The van der Waals surface area contributed by atoms with Gasteiger partial charge in [-0.25, -0.2) is 4.79 Å². The maximum absolute atomic E-state index is 12.3. The minimum Gasteiger partial charge on any atom is -0.449 e. The molecule has 7 heteroatoms. The summed E-state index contributed by atoms with van der Waals surface area (Å²) in [5.74, 6) is -0.766. The molecule has 0 saturated carbocycles. The fourth-order valence-electron chi connectivity index (χ4n) is 2.04. The number of nitrogens with one attached hydrogen (secondary N) is 1. The first kappa shape index (κ1) is 19.1. The van der Waals surface area contributed by atoms with E-state index in [9.17, 15) is 13.8 Å². The van der Waals surface area contributed by atoms with Gasteiger partial charge in [0.15, 0.2) is 6.10 Å². The Hall–Kier alpha value is -2.18. The minimum absolute atomic E-state index is 0.203. The van der Waals surface area contributed by atoms with Crippen molar-refractivity contribution < 1.29 is 18.5 Å². The summed E-state index contributed by atoms with van der Waals surface area (Å²) in [4.78, 5) is 24.9. The Morgan fingerprint density at radius 1 is 1.16 bits per heavy atom. The van der Waals surface area contributed by atoms with E-state index in [1.807, 2.05) is 0 Å². The summed E-state index contributed by atoms with van der Waals surface area (Å²) in [7, 11) is -1.30. The molecule has 0 radical (unpaired) electrons. The first-order valence-electron chi connectivity index (χ1n) is 7.67. The molecule has 2 aromatic carbocycles. The second kappa shape index (κ2) is 8.78. The SMILES string of the molecule is CC[S@](=O)c1ccccc1C(=O)O[C@@H](C)C(=O)Nc1ccc(Cl)cc1. The molecule has 2 atom stereocenters. The summed E-state index contributed by atoms with van der Waals surface area (Å²) in [5, 5.41) is 3.19. The van der Waals surface area contributed by atoms with Crippen LogP contribution in [0.15, 0.2) is 53.4 Å². The number of hydrogen-bond acceptors (Lipinski definition) is 4. The fourth-order valence-corrected chi connectivity index (χ4v) is 3.11. The van der Waals surface area contributed by atoms with Crippen LogP contribution >= 0.6 is 11.6 Å². The van der Waals surface area contributed by atoms with Crippen molar-refractivity contribution in [2.45, 2.75) is 24.8 Å². The van der Waals surface area contributed by atoms with Crippen molar-refractivity contribution in [3.63, 3.8) is 0 Å². The number of halogens is 1. The average molecular weight is 380 g/mol. The van der Waals surface area contributed by atoms with Crippen LogP contribution in [-0.2, 0) is 20.3 Å². The lowest BCUT2D eigenvalue weighted by Gasteiger charge is -2.15. The zero-order valence-electron chi connectivity index (χ0n) is 13.8. The molecular weight excluding hydrogens is 362 g/mol. The molecule has 1 amide bonds. The molecule has 0 aliphatic carbocycles. The Balaban J connectivity index is 2.06. The van der Waals surface area contributed by atoms with E-state index in [1.54, 1.807) is 49.4 Å². The summed E-state index contributed by atoms with van der Waals surface area (Å²) in [6.07, 6.45) is -1.01. The number of anilines is 1. The summed E-state index contributed by atoms with van der Waals surface area (Å²) in [6.45, 7) is 3.24. The summed E-state index contributed by atoms with van der Waals surface area (Å²) >= 11 is 5.79. The molecule has 0 spiro atoms. The highest BCUT2D eigenvalue weighted by molar-refractivity contribution is 7.85. The predicted molar refractivity (Wildman–Crippen MR) is 98.4 cm³/mol. The number of ether oxygens (including phenoxy) is 1. The zero-order chi connectivity index (χ0) is 18.4. The molecule has 0 aromatic heterocycles. The van der Waals surface area contributed by atoms with Crippen molar-refractivity contribution in [3.8, 4) is 0 Å². The Morgan fingerprint density at radius 3 is 2.44 bits per heavy atom. The lowest BCUT2D eigenvalue weighted by atomic mass is 10.2. The van der Waals surface area contributed by atoms with Gasteiger partial charge in [0.05, 0.1) is 21.3 Å². The molecule has 0 saturated heterocycles. The number of carbonyl (C=O) groups is 2. The lowest BCUT2D eigenvalue weighted by Crippen LogP contribution is -2.30. The van der Waals surface area contributed by atoms with E-state index in [2.05, 4.69) is 5.32 Å². The van der Waals surface area contributed by atoms with Gasteiger partial charge in [0, 0.05) is 16.5 Å². The van der Waals surface area contributed by atoms with Crippen LogP contribution < -0.4 is 5.32 Å². The summed E-state index contributed by atoms with van der Waals surface area (Å²) in [6, 6.07) is 13.1. The summed E-state index contributed by atoms with van der Waals surface area (Å²) < 4.78 is 17.3. The smallest absolute Gasteiger partial charge is 0.340 e. The third kappa shape index (κ3) is 5.14. The van der Waals surface area contributed by atoms with Crippen LogP contribution in [0.5, 0.6) is 0 Å². The Labute approximate surface area is 153 Å². The highest BCUT2D eigenvalue weighted by Gasteiger charge is 2.22. The predicted octanol–water partition coefficient (Wildman–Crippen LogP) is 3.65. The average Bonchev–Trinajstić information content (AvgIpc) is 2.62. The van der Waals surface area contributed by atoms with Crippen molar-refractivity contribution in [3.05, 3.63) is 59.1 Å². The van der Waals surface area contributed by atoms with Gasteiger partial charge in [-0.1, -0.05) is 30.7 Å². The number of hydrogen-bond donors (Lipinski definition) is 1. The molecule has 132 valence electrons. The normalized spacial score (nSPS) is 12.9. The molecule has 0 heterocycles. The van der Waals surface area contributed by atoms with Crippen LogP contribution in [0.4, 0.5) is 5.69 Å². The molecule has 0 bridgehead atoms. The van der Waals surface area contributed by atoms with E-state index >= 15 is 0 Å². The van der Waals surface area contributed by atoms with Crippen molar-refractivity contribution >= 4 is 40.0 Å². The van der Waals surface area contributed by atoms with E-state index in [0.717, 1.165) is 0 Å². The summed E-state index contributed by atoms with van der Waals surface area (Å²) in [5.41, 5.74) is 0.749. The standard InChI is InChI=1S/C18H18ClNO4S/c1-3-25(23)16-7-5-4-6-15(16)18(22)24-12(2)17(21)20-14-10-8-13(19)9-11-14/h4-12H,3H2,1-2H3,(H,20,21)/t12-,25-/m0/s1. The van der Waals surface area contributed by atoms with Gasteiger partial charge < -0.3 is 10.1 Å². The Morgan fingerprint density at radius 2 is 1.80 bits per heavy atom. The molecule has 0 aliphatic rings. The van der Waals surface area contributed by atoms with Gasteiger partial charge in [-0.3, -0.25) is 9.00 Å². The van der Waals surface area contributed by atoms with Crippen LogP contribution in [0, 0.1) is 0 Å². The zero-order valence-corrected chi connectivity index (χ0v) is 15.4. The van der Waals surface area contributed by atoms with Crippen LogP contribution in [0.25, 0.3) is 0 Å². The van der Waals surface area contributed by atoms with Gasteiger partial charge in [0.25, 0.3) is 5.91 Å². The van der Waals surface area contributed by atoms with Gasteiger partial charge in [0.1, 0.15) is 0 Å². The fraction of sp³-hybridized carbons (Fsp3) is 0.222. The van der Waals surface area contributed by atoms with Crippen LogP contribution in [0.1, 0.15) is 24.2 Å². The number of esters is 1. The van der Waals surface area contributed by atoms with Gasteiger partial charge in [-0.2, -0.15) is 0 Å². The van der Waals surface area contributed by atoms with Gasteiger partial charge in [-0.15, -0.1) is 0 Å². The number of benzene rings is 2. The van der Waals surface area contributed by atoms with Gasteiger partial charge >= 0.3 is 5.97 Å². The van der Waals surface area contributed by atoms with Crippen molar-refractivity contribution in [2.75, 3.05) is 11.1 Å². The largest absolute Gasteiger partial charge is 0.449 e. The second-order valence-corrected chi connectivity index (χ2v) is 7.32. The van der Waals surface area contributed by atoms with E-state index in [1.165, 1.54) is 13.0 Å². The maximum atomic E-state index is 12.3. The molecule has 2 rings (SSSR count). The van der Waals surface area contributed by atoms with E-state index in [0.29, 0.717) is 21.4 Å². The highest BCUT2D eigenvalue weighted by Crippen LogP contribution is 2.17. The minimum atomic E-state index is -1.30. The van der Waals surface area contributed by atoms with E-state index in [-0.39, 0.29) is 5.56 Å². The monoisotopic (exact) mass is 379 g/mol. The quantitative estimate of drug-likeness (QED) is 0.777. The van der Waals surface area contributed by atoms with Crippen LogP contribution in [-0.4, -0.2) is 27.9 Å². The van der Waals surface area contributed by atoms with Gasteiger partial charge in [0.2, 0.25) is 0 Å². The molecule has 0 aliphatic heterocycles. The first-order chi connectivity index (χ1) is 11.9. The van der Waals surface area contributed by atoms with Crippen molar-refractivity contribution in [2.24, 2.45) is 0 Å². The maximum Gasteiger partial charge on any atom is 0.340 e. The molecule has 0 unspecified atom stereocenters. The topological polar surface area (TPSA) is 72.5 Å². The van der Waals surface area contributed by atoms with E-state index < -0.39 is 28.8 Å². The van der Waals surface area contributed by atoms with Crippen molar-refractivity contribution in [1.29, 1.82) is 0 Å². The number of carbonyl (C=O) groups excluding carboxylic acids is 2. The van der Waals surface area contributed by atoms with Crippen LogP contribution in [0.3, 0.4) is 0 Å². The Kier molecular flexibility index (Phi) is 6.73. The highest BCUT2D eigenvalue weighted by atomic mass is 35.5. The number of rotatable bonds is 6. The first-order valence-corrected chi connectivity index (χ1v) is 9.37. The Bertz CT molecular complexity index is 792. The third-order valence-electron chi connectivity index (χ3n) is 3.38. The van der Waals surface area contributed by atoms with Gasteiger partial charge in [-0.05, 0) is 43.3 Å². The third-order valence-corrected chi connectivity index (χ3v) is 5.00. The molecule has 25 heavy (non-hydrogen) atoms. The molecule has 0 fully saturated rings. The molecule has 5 nitrogen and oxygen atoms in total. The van der Waals surface area contributed by atoms with Crippen LogP contribution in [0.2, 0.25) is 5.02 Å². The lowest BCUT2D eigenvalue weighted by molar-refractivity contribution is -0.123. The van der Waals surface area contributed by atoms with E-state index in [4.69, 9.17) is 16.3 Å². The number of amides is 1. The second-order valence-electron chi connectivity index (χ2n) is 5.17. The molecule has 1 N–H and O–H groups in total.